The average molecular weight is 346 g/mol. The number of thiazole rings is 1. The first-order valence-electron chi connectivity index (χ1n) is 7.61. The molecule has 0 fully saturated rings. The lowest BCUT2D eigenvalue weighted by molar-refractivity contribution is -0.147. The highest BCUT2D eigenvalue weighted by molar-refractivity contribution is 7.18. The molecule has 0 saturated heterocycles. The van der Waals surface area contributed by atoms with Gasteiger partial charge in [0.1, 0.15) is 11.1 Å². The molecule has 0 bridgehead atoms. The van der Waals surface area contributed by atoms with Gasteiger partial charge in [-0.3, -0.25) is 4.79 Å². The lowest BCUT2D eigenvalue weighted by atomic mass is 10.1. The van der Waals surface area contributed by atoms with Crippen molar-refractivity contribution in [2.45, 2.75) is 25.7 Å². The van der Waals surface area contributed by atoms with Gasteiger partial charge in [-0.1, -0.05) is 12.1 Å². The van der Waals surface area contributed by atoms with E-state index in [1.54, 1.807) is 12.3 Å². The molecule has 1 amide bonds. The van der Waals surface area contributed by atoms with Gasteiger partial charge < -0.3 is 19.5 Å². The number of benzene rings is 1. The summed E-state index contributed by atoms with van der Waals surface area (Å²) in [5.41, 5.74) is 1.56. The summed E-state index contributed by atoms with van der Waals surface area (Å²) in [4.78, 5) is 18.3. The maximum atomic E-state index is 12.5. The largest absolute Gasteiger partial charge is 0.472 e. The molecule has 6 nitrogen and oxygen atoms in total. The summed E-state index contributed by atoms with van der Waals surface area (Å²) in [7, 11) is 0. The van der Waals surface area contributed by atoms with Crippen LogP contribution in [0, 0.1) is 0 Å². The highest BCUT2D eigenvalue weighted by atomic mass is 32.1. The molecule has 126 valence electrons. The number of hydrogen-bond donors (Lipinski definition) is 2. The van der Waals surface area contributed by atoms with Crippen molar-refractivity contribution in [2.75, 3.05) is 6.54 Å². The van der Waals surface area contributed by atoms with Crippen LogP contribution in [-0.4, -0.2) is 38.7 Å². The van der Waals surface area contributed by atoms with Gasteiger partial charge in [-0.15, -0.1) is 11.3 Å². The topological polar surface area (TPSA) is 86.8 Å². The van der Waals surface area contributed by atoms with Crippen LogP contribution < -0.4 is 0 Å². The number of amides is 1. The molecule has 2 atom stereocenters. The summed E-state index contributed by atoms with van der Waals surface area (Å²) >= 11 is 1.27. The summed E-state index contributed by atoms with van der Waals surface area (Å²) in [6.07, 6.45) is 0.164. The molecular formula is C17H18N2O4S. The number of fused-ring (bicyclic) bond motifs is 1. The van der Waals surface area contributed by atoms with E-state index in [1.165, 1.54) is 22.5 Å². The van der Waals surface area contributed by atoms with Crippen LogP contribution in [-0.2, 0) is 11.3 Å². The summed E-state index contributed by atoms with van der Waals surface area (Å²) in [6.45, 7) is 2.54. The van der Waals surface area contributed by atoms with Crippen molar-refractivity contribution in [3.8, 4) is 0 Å². The Morgan fingerprint density at radius 1 is 1.33 bits per heavy atom. The van der Waals surface area contributed by atoms with E-state index in [0.717, 1.165) is 15.8 Å². The van der Waals surface area contributed by atoms with E-state index in [9.17, 15) is 15.0 Å². The first-order valence-corrected chi connectivity index (χ1v) is 8.43. The molecule has 0 radical (unpaired) electrons. The van der Waals surface area contributed by atoms with E-state index in [4.69, 9.17) is 4.42 Å². The van der Waals surface area contributed by atoms with Crippen molar-refractivity contribution in [2.24, 2.45) is 0 Å². The number of carbonyl (C=O) groups excluding carboxylic acids is 1. The SMILES string of the molecule is CCN(Cc1ccoc1)C(=O)[C@@H](O)[C@@H](O)c1nc2ccccc2s1. The van der Waals surface area contributed by atoms with Gasteiger partial charge in [0.25, 0.3) is 5.91 Å². The molecule has 0 saturated carbocycles. The molecule has 2 N–H and O–H groups in total. The molecular weight excluding hydrogens is 328 g/mol. The van der Waals surface area contributed by atoms with Crippen LogP contribution in [0.25, 0.3) is 10.2 Å². The smallest absolute Gasteiger partial charge is 0.254 e. The number of rotatable bonds is 6. The van der Waals surface area contributed by atoms with Crippen LogP contribution >= 0.6 is 11.3 Å². The van der Waals surface area contributed by atoms with Gasteiger partial charge in [-0.05, 0) is 25.1 Å². The molecule has 24 heavy (non-hydrogen) atoms. The molecule has 0 unspecified atom stereocenters. The van der Waals surface area contributed by atoms with Crippen molar-refractivity contribution in [3.05, 3.63) is 53.4 Å². The van der Waals surface area contributed by atoms with Crippen molar-refractivity contribution in [1.29, 1.82) is 0 Å². The number of aliphatic hydroxyl groups excluding tert-OH is 2. The van der Waals surface area contributed by atoms with E-state index >= 15 is 0 Å². The number of aliphatic hydroxyl groups is 2. The highest BCUT2D eigenvalue weighted by Gasteiger charge is 2.31. The number of hydrogen-bond acceptors (Lipinski definition) is 6. The molecule has 3 rings (SSSR count). The van der Waals surface area contributed by atoms with Gasteiger partial charge in [-0.25, -0.2) is 4.98 Å². The van der Waals surface area contributed by atoms with Gasteiger partial charge in [0.15, 0.2) is 6.10 Å². The Labute approximate surface area is 143 Å². The molecule has 3 aromatic rings. The van der Waals surface area contributed by atoms with E-state index in [-0.39, 0.29) is 0 Å². The zero-order valence-corrected chi connectivity index (χ0v) is 13.9. The minimum absolute atomic E-state index is 0.315. The quantitative estimate of drug-likeness (QED) is 0.715. The predicted molar refractivity (Wildman–Crippen MR) is 90.4 cm³/mol. The van der Waals surface area contributed by atoms with Gasteiger partial charge in [0.2, 0.25) is 0 Å². The minimum atomic E-state index is -1.56. The second kappa shape index (κ2) is 7.12. The minimum Gasteiger partial charge on any atom is -0.472 e. The fourth-order valence-electron chi connectivity index (χ4n) is 2.42. The standard InChI is InChI=1S/C17H18N2O4S/c1-2-19(9-11-7-8-23-10-11)17(22)15(21)14(20)16-18-12-5-3-4-6-13(12)24-16/h3-8,10,14-15,20-21H,2,9H2,1H3/t14-,15+/m1/s1. The summed E-state index contributed by atoms with van der Waals surface area (Å²) < 4.78 is 5.89. The van der Waals surface area contributed by atoms with Gasteiger partial charge >= 0.3 is 0 Å². The summed E-state index contributed by atoms with van der Waals surface area (Å²) in [6, 6.07) is 9.19. The fraction of sp³-hybridized carbons (Fsp3) is 0.294. The van der Waals surface area contributed by atoms with Crippen molar-refractivity contribution in [3.63, 3.8) is 0 Å². The molecule has 0 aliphatic heterocycles. The van der Waals surface area contributed by atoms with Crippen LogP contribution in [0.5, 0.6) is 0 Å². The molecule has 1 aromatic carbocycles. The Kier molecular flexibility index (Phi) is 4.94. The molecule has 2 aromatic heterocycles. The van der Waals surface area contributed by atoms with E-state index in [2.05, 4.69) is 4.98 Å². The maximum Gasteiger partial charge on any atom is 0.254 e. The molecule has 7 heteroatoms. The van der Waals surface area contributed by atoms with E-state index < -0.39 is 18.1 Å². The monoisotopic (exact) mass is 346 g/mol. The summed E-state index contributed by atoms with van der Waals surface area (Å²) in [5.74, 6) is -0.537. The Morgan fingerprint density at radius 3 is 2.79 bits per heavy atom. The Balaban J connectivity index is 1.75. The number of nitrogens with zero attached hydrogens (tertiary/aromatic N) is 2. The third-order valence-corrected chi connectivity index (χ3v) is 4.87. The van der Waals surface area contributed by atoms with Gasteiger partial charge in [-0.2, -0.15) is 0 Å². The molecule has 0 aliphatic rings. The number of furan rings is 1. The number of aromatic nitrogens is 1. The second-order valence-corrected chi connectivity index (χ2v) is 6.46. The van der Waals surface area contributed by atoms with E-state index in [1.807, 2.05) is 31.2 Å². The average Bonchev–Trinajstić information content (AvgIpc) is 3.26. The number of likely N-dealkylation sites (N-methyl/N-ethyl adjacent to an activating group) is 1. The van der Waals surface area contributed by atoms with Crippen LogP contribution in [0.3, 0.4) is 0 Å². The highest BCUT2D eigenvalue weighted by Crippen LogP contribution is 2.28. The normalized spacial score (nSPS) is 13.8. The fourth-order valence-corrected chi connectivity index (χ4v) is 3.41. The zero-order chi connectivity index (χ0) is 17.1. The van der Waals surface area contributed by atoms with Crippen LogP contribution in [0.2, 0.25) is 0 Å². The second-order valence-electron chi connectivity index (χ2n) is 5.39. The first kappa shape index (κ1) is 16.6. The van der Waals surface area contributed by atoms with Crippen molar-refractivity contribution >= 4 is 27.5 Å². The molecule has 0 aliphatic carbocycles. The third-order valence-electron chi connectivity index (χ3n) is 3.76. The molecule has 0 spiro atoms. The first-order chi connectivity index (χ1) is 11.6. The molecule has 2 heterocycles. The Bertz CT molecular complexity index is 782. The predicted octanol–water partition coefficient (Wildman–Crippen LogP) is 2.33. The van der Waals surface area contributed by atoms with Crippen molar-refractivity contribution in [1.82, 2.24) is 9.88 Å². The summed E-state index contributed by atoms with van der Waals surface area (Å²) in [5, 5.41) is 21.0. The van der Waals surface area contributed by atoms with E-state index in [0.29, 0.717) is 18.1 Å². The number of para-hydroxylation sites is 1. The zero-order valence-electron chi connectivity index (χ0n) is 13.1. The maximum absolute atomic E-state index is 12.5. The van der Waals surface area contributed by atoms with Crippen molar-refractivity contribution < 1.29 is 19.4 Å². The van der Waals surface area contributed by atoms with Crippen LogP contribution in [0.15, 0.2) is 47.3 Å². The van der Waals surface area contributed by atoms with Gasteiger partial charge in [0.05, 0.1) is 22.7 Å². The van der Waals surface area contributed by atoms with Crippen LogP contribution in [0.4, 0.5) is 0 Å². The Hall–Kier alpha value is -2.22. The lowest BCUT2D eigenvalue weighted by Gasteiger charge is -2.25. The van der Waals surface area contributed by atoms with Gasteiger partial charge in [0, 0.05) is 18.7 Å². The Morgan fingerprint density at radius 2 is 2.12 bits per heavy atom. The third kappa shape index (κ3) is 3.33. The van der Waals surface area contributed by atoms with Crippen LogP contribution in [0.1, 0.15) is 23.6 Å². The number of carbonyl (C=O) groups is 1. The lowest BCUT2D eigenvalue weighted by Crippen LogP contribution is -2.41.